The predicted molar refractivity (Wildman–Crippen MR) is 77.6 cm³/mol. The summed E-state index contributed by atoms with van der Waals surface area (Å²) in [7, 11) is 3.05. The molecule has 0 radical (unpaired) electrons. The Kier molecular flexibility index (Phi) is 5.13. The summed E-state index contributed by atoms with van der Waals surface area (Å²) < 4.78 is 10.6. The highest BCUT2D eigenvalue weighted by Gasteiger charge is 2.23. The van der Waals surface area contributed by atoms with Crippen molar-refractivity contribution in [2.24, 2.45) is 0 Å². The number of hydrogen-bond acceptors (Lipinski definition) is 5. The number of nitrogens with one attached hydrogen (secondary N) is 3. The number of morpholine rings is 1. The Hall–Kier alpha value is -2.12. The average molecular weight is 293 g/mol. The van der Waals surface area contributed by atoms with Crippen molar-refractivity contribution in [1.29, 1.82) is 0 Å². The zero-order chi connectivity index (χ0) is 15.2. The first-order valence-corrected chi connectivity index (χ1v) is 6.69. The fraction of sp³-hybridized carbons (Fsp3) is 0.429. The average Bonchev–Trinajstić information content (AvgIpc) is 2.54. The van der Waals surface area contributed by atoms with Crippen LogP contribution in [0.15, 0.2) is 18.2 Å². The minimum absolute atomic E-state index is 0.233. The number of rotatable bonds is 4. The van der Waals surface area contributed by atoms with Gasteiger partial charge in [0.25, 0.3) is 11.8 Å². The number of hydrogen-bond donors (Lipinski definition) is 3. The van der Waals surface area contributed by atoms with E-state index < -0.39 is 6.10 Å². The van der Waals surface area contributed by atoms with E-state index >= 15 is 0 Å². The van der Waals surface area contributed by atoms with Crippen LogP contribution in [0.1, 0.15) is 10.4 Å². The van der Waals surface area contributed by atoms with Crippen LogP contribution in [-0.2, 0) is 9.53 Å². The molecule has 2 rings (SSSR count). The molecule has 0 saturated carbocycles. The topological polar surface area (TPSA) is 88.7 Å². The first-order chi connectivity index (χ1) is 10.2. The Labute approximate surface area is 123 Å². The molecule has 114 valence electrons. The molecule has 1 aliphatic heterocycles. The lowest BCUT2D eigenvalue weighted by Crippen LogP contribution is -2.45. The number of anilines is 1. The van der Waals surface area contributed by atoms with Crippen LogP contribution in [0.3, 0.4) is 0 Å². The minimum atomic E-state index is -0.549. The fourth-order valence-corrected chi connectivity index (χ4v) is 2.04. The summed E-state index contributed by atoms with van der Waals surface area (Å²) in [5.74, 6) is -0.0157. The van der Waals surface area contributed by atoms with Crippen LogP contribution in [-0.4, -0.2) is 51.8 Å². The number of methoxy groups -OCH3 is 1. The molecule has 1 atom stereocenters. The lowest BCUT2D eigenvalue weighted by Gasteiger charge is -2.23. The van der Waals surface area contributed by atoms with E-state index in [1.165, 1.54) is 7.11 Å². The van der Waals surface area contributed by atoms with Crippen molar-refractivity contribution < 1.29 is 19.1 Å². The number of amides is 2. The van der Waals surface area contributed by atoms with Gasteiger partial charge in [0.15, 0.2) is 0 Å². The molecular formula is C14H19N3O4. The van der Waals surface area contributed by atoms with E-state index in [2.05, 4.69) is 16.0 Å². The van der Waals surface area contributed by atoms with Crippen LogP contribution in [0.25, 0.3) is 0 Å². The number of carbonyl (C=O) groups excluding carboxylic acids is 2. The second-order valence-corrected chi connectivity index (χ2v) is 4.55. The molecule has 1 saturated heterocycles. The number of ether oxygens (including phenoxy) is 2. The molecular weight excluding hydrogens is 274 g/mol. The second kappa shape index (κ2) is 7.05. The van der Waals surface area contributed by atoms with E-state index in [1.54, 1.807) is 25.2 Å². The fourth-order valence-electron chi connectivity index (χ4n) is 2.04. The van der Waals surface area contributed by atoms with Gasteiger partial charge in [-0.25, -0.2) is 0 Å². The minimum Gasteiger partial charge on any atom is -0.495 e. The van der Waals surface area contributed by atoms with E-state index in [1.807, 2.05) is 0 Å². The van der Waals surface area contributed by atoms with Crippen molar-refractivity contribution in [3.8, 4) is 5.75 Å². The van der Waals surface area contributed by atoms with Crippen LogP contribution < -0.4 is 20.7 Å². The van der Waals surface area contributed by atoms with E-state index in [0.717, 1.165) is 6.54 Å². The maximum Gasteiger partial charge on any atom is 0.254 e. The molecule has 2 amide bonds. The second-order valence-electron chi connectivity index (χ2n) is 4.55. The zero-order valence-corrected chi connectivity index (χ0v) is 12.1. The summed E-state index contributed by atoms with van der Waals surface area (Å²) in [4.78, 5) is 23.8. The Morgan fingerprint density at radius 3 is 2.86 bits per heavy atom. The molecule has 0 spiro atoms. The monoisotopic (exact) mass is 293 g/mol. The Balaban J connectivity index is 2.16. The van der Waals surface area contributed by atoms with Crippen molar-refractivity contribution in [1.82, 2.24) is 10.6 Å². The third kappa shape index (κ3) is 3.71. The Morgan fingerprint density at radius 2 is 2.24 bits per heavy atom. The van der Waals surface area contributed by atoms with Gasteiger partial charge in [0.05, 0.1) is 19.4 Å². The maximum atomic E-state index is 12.2. The number of carbonyl (C=O) groups is 2. The molecule has 0 bridgehead atoms. The molecule has 1 heterocycles. The molecule has 3 N–H and O–H groups in total. The van der Waals surface area contributed by atoms with Crippen molar-refractivity contribution in [3.05, 3.63) is 23.8 Å². The molecule has 1 aliphatic rings. The van der Waals surface area contributed by atoms with Gasteiger partial charge in [0.2, 0.25) is 0 Å². The van der Waals surface area contributed by atoms with Crippen LogP contribution in [0.2, 0.25) is 0 Å². The van der Waals surface area contributed by atoms with Gasteiger partial charge in [0, 0.05) is 25.7 Å². The van der Waals surface area contributed by atoms with E-state index in [4.69, 9.17) is 9.47 Å². The SMILES string of the molecule is CNC(=O)c1ccc(OC)c(NC(=O)C2CNCCO2)c1. The smallest absolute Gasteiger partial charge is 0.254 e. The van der Waals surface area contributed by atoms with Crippen molar-refractivity contribution in [2.45, 2.75) is 6.10 Å². The van der Waals surface area contributed by atoms with Gasteiger partial charge in [-0.15, -0.1) is 0 Å². The summed E-state index contributed by atoms with van der Waals surface area (Å²) in [5.41, 5.74) is 0.883. The standard InChI is InChI=1S/C14H19N3O4/c1-15-13(18)9-3-4-11(20-2)10(7-9)17-14(19)12-8-16-5-6-21-12/h3-4,7,12,16H,5-6,8H2,1-2H3,(H,15,18)(H,17,19). The quantitative estimate of drug-likeness (QED) is 0.726. The van der Waals surface area contributed by atoms with E-state index in [9.17, 15) is 9.59 Å². The molecule has 0 aliphatic carbocycles. The molecule has 1 fully saturated rings. The highest BCUT2D eigenvalue weighted by atomic mass is 16.5. The highest BCUT2D eigenvalue weighted by Crippen LogP contribution is 2.25. The highest BCUT2D eigenvalue weighted by molar-refractivity contribution is 5.99. The van der Waals surface area contributed by atoms with Gasteiger partial charge in [-0.05, 0) is 18.2 Å². The molecule has 0 aromatic heterocycles. The maximum absolute atomic E-state index is 12.2. The van der Waals surface area contributed by atoms with Crippen LogP contribution in [0.4, 0.5) is 5.69 Å². The van der Waals surface area contributed by atoms with Gasteiger partial charge in [-0.2, -0.15) is 0 Å². The van der Waals surface area contributed by atoms with E-state index in [0.29, 0.717) is 30.2 Å². The lowest BCUT2D eigenvalue weighted by atomic mass is 10.1. The van der Waals surface area contributed by atoms with Crippen LogP contribution in [0, 0.1) is 0 Å². The van der Waals surface area contributed by atoms with E-state index in [-0.39, 0.29) is 11.8 Å². The summed E-state index contributed by atoms with van der Waals surface area (Å²) in [6.07, 6.45) is -0.549. The first-order valence-electron chi connectivity index (χ1n) is 6.69. The lowest BCUT2D eigenvalue weighted by molar-refractivity contribution is -0.128. The molecule has 1 aromatic rings. The largest absolute Gasteiger partial charge is 0.495 e. The summed E-state index contributed by atoms with van der Waals surface area (Å²) in [5, 5.41) is 8.36. The third-order valence-corrected chi connectivity index (χ3v) is 3.17. The van der Waals surface area contributed by atoms with Gasteiger partial charge in [-0.3, -0.25) is 9.59 Å². The summed E-state index contributed by atoms with van der Waals surface area (Å²) in [6, 6.07) is 4.85. The molecule has 7 nitrogen and oxygen atoms in total. The van der Waals surface area contributed by atoms with Crippen molar-refractivity contribution >= 4 is 17.5 Å². The normalized spacial score (nSPS) is 17.9. The first kappa shape index (κ1) is 15.3. The molecule has 21 heavy (non-hydrogen) atoms. The van der Waals surface area contributed by atoms with Gasteiger partial charge < -0.3 is 25.4 Å². The summed E-state index contributed by atoms with van der Waals surface area (Å²) in [6.45, 7) is 1.69. The van der Waals surface area contributed by atoms with Gasteiger partial charge >= 0.3 is 0 Å². The molecule has 1 aromatic carbocycles. The zero-order valence-electron chi connectivity index (χ0n) is 12.1. The Morgan fingerprint density at radius 1 is 1.43 bits per heavy atom. The van der Waals surface area contributed by atoms with Crippen molar-refractivity contribution in [2.75, 3.05) is 39.2 Å². The van der Waals surface area contributed by atoms with Crippen molar-refractivity contribution in [3.63, 3.8) is 0 Å². The number of benzene rings is 1. The third-order valence-electron chi connectivity index (χ3n) is 3.17. The van der Waals surface area contributed by atoms with Gasteiger partial charge in [0.1, 0.15) is 11.9 Å². The summed E-state index contributed by atoms with van der Waals surface area (Å²) >= 11 is 0. The molecule has 7 heteroatoms. The van der Waals surface area contributed by atoms with Crippen LogP contribution in [0.5, 0.6) is 5.75 Å². The van der Waals surface area contributed by atoms with Crippen LogP contribution >= 0.6 is 0 Å². The van der Waals surface area contributed by atoms with Gasteiger partial charge in [-0.1, -0.05) is 0 Å². The molecule has 1 unspecified atom stereocenters. The predicted octanol–water partition coefficient (Wildman–Crippen LogP) is -0.0183. The Bertz CT molecular complexity index is 527.